The van der Waals surface area contributed by atoms with Crippen molar-refractivity contribution in [2.75, 3.05) is 25.5 Å². The Hall–Kier alpha value is -3.13. The van der Waals surface area contributed by atoms with Crippen molar-refractivity contribution in [3.63, 3.8) is 0 Å². The molecule has 37 heavy (non-hydrogen) atoms. The molecule has 1 aromatic carbocycles. The summed E-state index contributed by atoms with van der Waals surface area (Å²) in [6, 6.07) is 5.93. The maximum absolute atomic E-state index is 13.5. The Morgan fingerprint density at radius 3 is 2.59 bits per heavy atom. The van der Waals surface area contributed by atoms with Gasteiger partial charge in [-0.25, -0.2) is 18.4 Å². The van der Waals surface area contributed by atoms with Crippen LogP contribution in [0.25, 0.3) is 22.4 Å². The molecule has 5 rings (SSSR count). The van der Waals surface area contributed by atoms with E-state index in [1.165, 1.54) is 26.4 Å². The molecule has 4 aromatic rings. The van der Waals surface area contributed by atoms with Crippen LogP contribution >= 0.6 is 11.6 Å². The summed E-state index contributed by atoms with van der Waals surface area (Å²) in [6.07, 6.45) is 3.39. The number of halogens is 1. The Morgan fingerprint density at radius 2 is 1.95 bits per heavy atom. The number of methoxy groups -OCH3 is 2. The highest BCUT2D eigenvalue weighted by Gasteiger charge is 2.49. The molecule has 14 heteroatoms. The molecule has 2 atom stereocenters. The van der Waals surface area contributed by atoms with E-state index in [9.17, 15) is 8.42 Å². The number of anilines is 1. The predicted octanol–water partition coefficient (Wildman–Crippen LogP) is 3.23. The van der Waals surface area contributed by atoms with Crippen LogP contribution in [0, 0.1) is 6.92 Å². The van der Waals surface area contributed by atoms with E-state index in [4.69, 9.17) is 21.1 Å². The van der Waals surface area contributed by atoms with Crippen LogP contribution in [0.5, 0.6) is 0 Å². The second-order valence-electron chi connectivity index (χ2n) is 9.23. The number of hydrogen-bond donors (Lipinski definition) is 2. The number of H-pyrrole nitrogens is 1. The smallest absolute Gasteiger partial charge is 0.240 e. The fourth-order valence-corrected chi connectivity index (χ4v) is 5.68. The van der Waals surface area contributed by atoms with E-state index in [0.717, 1.165) is 29.3 Å². The van der Waals surface area contributed by atoms with E-state index >= 15 is 0 Å². The fourth-order valence-electron chi connectivity index (χ4n) is 4.46. The Labute approximate surface area is 218 Å². The molecular formula is C23H27ClN8O4S. The van der Waals surface area contributed by atoms with Crippen molar-refractivity contribution < 1.29 is 17.9 Å². The summed E-state index contributed by atoms with van der Waals surface area (Å²) >= 11 is 5.89. The molecule has 1 saturated carbocycles. The van der Waals surface area contributed by atoms with Gasteiger partial charge in [-0.1, -0.05) is 23.2 Å². The zero-order valence-electron chi connectivity index (χ0n) is 20.8. The van der Waals surface area contributed by atoms with E-state index < -0.39 is 26.9 Å². The van der Waals surface area contributed by atoms with Gasteiger partial charge in [0.15, 0.2) is 11.6 Å². The quantitative estimate of drug-likeness (QED) is 0.305. The average Bonchev–Trinajstić information content (AvgIpc) is 3.33. The maximum Gasteiger partial charge on any atom is 0.240 e. The largest absolute Gasteiger partial charge is 0.382 e. The van der Waals surface area contributed by atoms with Gasteiger partial charge in [0.1, 0.15) is 17.0 Å². The molecule has 1 aliphatic rings. The highest BCUT2D eigenvalue weighted by Crippen LogP contribution is 2.48. The second-order valence-corrected chi connectivity index (χ2v) is 11.7. The zero-order valence-corrected chi connectivity index (χ0v) is 22.3. The average molecular weight is 547 g/mol. The first-order valence-corrected chi connectivity index (χ1v) is 13.5. The number of hydrogen-bond acceptors (Lipinski definition) is 9. The molecule has 0 amide bonds. The van der Waals surface area contributed by atoms with Crippen molar-refractivity contribution in [1.82, 2.24) is 34.9 Å². The minimum Gasteiger partial charge on any atom is -0.382 e. The standard InChI is InChI=1S/C23H27ClN8O4S/c1-13-5-6-17-16(9-13)18(28-27-17)21-29-30-22(32(21)23(7-8-23)12-35-3)31-37(33,34)14(2)19(36-4)20-25-10-15(24)11-26-20/h5-6,9-11,14,19H,7-8,12H2,1-4H3,(H,27,28)(H,30,31)/t14-,19-/m0/s1. The van der Waals surface area contributed by atoms with Gasteiger partial charge < -0.3 is 9.47 Å². The molecule has 0 spiro atoms. The summed E-state index contributed by atoms with van der Waals surface area (Å²) in [5, 5.41) is 16.3. The van der Waals surface area contributed by atoms with Gasteiger partial charge in [0, 0.05) is 32.0 Å². The highest BCUT2D eigenvalue weighted by molar-refractivity contribution is 7.93. The van der Waals surface area contributed by atoms with Gasteiger partial charge in [-0.3, -0.25) is 14.4 Å². The van der Waals surface area contributed by atoms with Crippen LogP contribution in [-0.4, -0.2) is 69.4 Å². The minimum atomic E-state index is -4.04. The molecule has 3 heterocycles. The van der Waals surface area contributed by atoms with Crippen LogP contribution in [0.1, 0.15) is 37.3 Å². The van der Waals surface area contributed by atoms with E-state index in [2.05, 4.69) is 35.1 Å². The van der Waals surface area contributed by atoms with Crippen LogP contribution in [0.4, 0.5) is 5.95 Å². The summed E-state index contributed by atoms with van der Waals surface area (Å²) in [5.41, 5.74) is 1.98. The van der Waals surface area contributed by atoms with E-state index in [0.29, 0.717) is 23.1 Å². The first-order valence-electron chi connectivity index (χ1n) is 11.6. The number of rotatable bonds is 10. The van der Waals surface area contributed by atoms with Crippen molar-refractivity contribution in [3.8, 4) is 11.5 Å². The molecule has 0 saturated heterocycles. The molecule has 1 fully saturated rings. The van der Waals surface area contributed by atoms with Crippen LogP contribution in [0.15, 0.2) is 30.6 Å². The van der Waals surface area contributed by atoms with Gasteiger partial charge in [0.25, 0.3) is 0 Å². The SMILES string of the molecule is COCC1(n2c(NS(=O)(=O)[C@@H](C)[C@H](OC)c3ncc(Cl)cn3)nnc2-c2n[nH]c3ccc(C)cc23)CC1. The van der Waals surface area contributed by atoms with Crippen LogP contribution in [-0.2, 0) is 25.0 Å². The van der Waals surface area contributed by atoms with Gasteiger partial charge in [-0.05, 0) is 38.8 Å². The lowest BCUT2D eigenvalue weighted by Crippen LogP contribution is -2.35. The summed E-state index contributed by atoms with van der Waals surface area (Å²) in [6.45, 7) is 3.87. The predicted molar refractivity (Wildman–Crippen MR) is 138 cm³/mol. The first-order chi connectivity index (χ1) is 17.7. The lowest BCUT2D eigenvalue weighted by atomic mass is 10.1. The van der Waals surface area contributed by atoms with Crippen LogP contribution < -0.4 is 4.72 Å². The number of benzene rings is 1. The van der Waals surface area contributed by atoms with Crippen molar-refractivity contribution in [2.45, 2.75) is 43.6 Å². The van der Waals surface area contributed by atoms with Gasteiger partial charge >= 0.3 is 0 Å². The normalized spacial score (nSPS) is 16.6. The summed E-state index contributed by atoms with van der Waals surface area (Å²) in [7, 11) is -1.03. The lowest BCUT2D eigenvalue weighted by molar-refractivity contribution is 0.0950. The third-order valence-corrected chi connectivity index (χ3v) is 8.49. The van der Waals surface area contributed by atoms with Crippen molar-refractivity contribution in [1.29, 1.82) is 0 Å². The molecule has 2 N–H and O–H groups in total. The van der Waals surface area contributed by atoms with E-state index in [1.54, 1.807) is 11.7 Å². The van der Waals surface area contributed by atoms with Crippen molar-refractivity contribution in [2.24, 2.45) is 0 Å². The third-order valence-electron chi connectivity index (χ3n) is 6.61. The maximum atomic E-state index is 13.5. The Balaban J connectivity index is 1.55. The Kier molecular flexibility index (Phi) is 6.64. The van der Waals surface area contributed by atoms with Gasteiger partial charge in [-0.2, -0.15) is 5.10 Å². The number of ether oxygens (including phenoxy) is 2. The summed E-state index contributed by atoms with van der Waals surface area (Å²) in [5.74, 6) is 0.719. The molecule has 12 nitrogen and oxygen atoms in total. The van der Waals surface area contributed by atoms with Gasteiger partial charge in [-0.15, -0.1) is 10.2 Å². The number of nitrogens with zero attached hydrogens (tertiary/aromatic N) is 6. The monoisotopic (exact) mass is 546 g/mol. The molecule has 0 unspecified atom stereocenters. The molecule has 1 aliphatic carbocycles. The zero-order chi connectivity index (χ0) is 26.4. The first kappa shape index (κ1) is 25.5. The molecule has 0 radical (unpaired) electrons. The minimum absolute atomic E-state index is 0.0760. The number of sulfonamides is 1. The molecule has 196 valence electrons. The third kappa shape index (κ3) is 4.67. The van der Waals surface area contributed by atoms with Crippen LogP contribution in [0.3, 0.4) is 0 Å². The number of aromatic amines is 1. The number of aryl methyl sites for hydroxylation is 1. The summed E-state index contributed by atoms with van der Waals surface area (Å²) in [4.78, 5) is 8.27. The summed E-state index contributed by atoms with van der Waals surface area (Å²) < 4.78 is 42.5. The number of nitrogens with one attached hydrogen (secondary N) is 2. The van der Waals surface area contributed by atoms with Crippen molar-refractivity contribution >= 4 is 38.5 Å². The second kappa shape index (κ2) is 9.63. The van der Waals surface area contributed by atoms with Crippen molar-refractivity contribution in [3.05, 3.63) is 47.0 Å². The molecule has 0 aliphatic heterocycles. The number of fused-ring (bicyclic) bond motifs is 1. The van der Waals surface area contributed by atoms with E-state index in [1.807, 2.05) is 25.1 Å². The molecular weight excluding hydrogens is 520 g/mol. The molecule has 0 bridgehead atoms. The fraction of sp³-hybridized carbons (Fsp3) is 0.435. The topological polar surface area (TPSA) is 150 Å². The van der Waals surface area contributed by atoms with E-state index in [-0.39, 0.29) is 11.8 Å². The highest BCUT2D eigenvalue weighted by atomic mass is 35.5. The van der Waals surface area contributed by atoms with Gasteiger partial charge in [0.2, 0.25) is 16.0 Å². The Morgan fingerprint density at radius 1 is 1.22 bits per heavy atom. The van der Waals surface area contributed by atoms with Crippen LogP contribution in [0.2, 0.25) is 5.02 Å². The Bertz CT molecular complexity index is 1530. The molecule has 3 aromatic heterocycles. The van der Waals surface area contributed by atoms with Gasteiger partial charge in [0.05, 0.1) is 22.7 Å². The lowest BCUT2D eigenvalue weighted by Gasteiger charge is -2.24. The number of aromatic nitrogens is 7.